The van der Waals surface area contributed by atoms with Gasteiger partial charge in [-0.3, -0.25) is 9.69 Å². The zero-order valence-electron chi connectivity index (χ0n) is 12.8. The summed E-state index contributed by atoms with van der Waals surface area (Å²) in [6.45, 7) is 2.66. The molecule has 2 aliphatic heterocycles. The molecule has 0 spiro atoms. The highest BCUT2D eigenvalue weighted by Gasteiger charge is 2.25. The van der Waals surface area contributed by atoms with E-state index in [1.54, 1.807) is 0 Å². The minimum Gasteiger partial charge on any atom is -0.342 e. The van der Waals surface area contributed by atoms with E-state index in [1.165, 1.54) is 19.3 Å². The lowest BCUT2D eigenvalue weighted by atomic mass is 10.1. The topological polar surface area (TPSA) is 62.5 Å². The van der Waals surface area contributed by atoms with Crippen LogP contribution in [0.2, 0.25) is 0 Å². The summed E-state index contributed by atoms with van der Waals surface area (Å²) in [5.41, 5.74) is 0. The predicted molar refractivity (Wildman–Crippen MR) is 77.7 cm³/mol. The molecule has 0 radical (unpaired) electrons. The molecule has 6 heteroatoms. The van der Waals surface area contributed by atoms with Gasteiger partial charge in [-0.05, 0) is 32.9 Å². The van der Waals surface area contributed by atoms with Crippen LogP contribution in [0.3, 0.4) is 0 Å². The highest BCUT2D eigenvalue weighted by Crippen LogP contribution is 2.27. The maximum absolute atomic E-state index is 11.6. The van der Waals surface area contributed by atoms with Crippen LogP contribution in [-0.4, -0.2) is 52.5 Å². The van der Waals surface area contributed by atoms with Crippen LogP contribution >= 0.6 is 0 Å². The summed E-state index contributed by atoms with van der Waals surface area (Å²) in [6.07, 6.45) is 7.17. The number of hydrogen-bond acceptors (Lipinski definition) is 5. The molecular weight excluding hydrogens is 268 g/mol. The summed E-state index contributed by atoms with van der Waals surface area (Å²) in [4.78, 5) is 20.3. The molecule has 2 aliphatic rings. The third kappa shape index (κ3) is 3.43. The van der Waals surface area contributed by atoms with Gasteiger partial charge in [-0.1, -0.05) is 18.0 Å². The van der Waals surface area contributed by atoms with Crippen LogP contribution < -0.4 is 0 Å². The van der Waals surface area contributed by atoms with Gasteiger partial charge >= 0.3 is 0 Å². The molecule has 0 saturated carbocycles. The summed E-state index contributed by atoms with van der Waals surface area (Å²) < 4.78 is 5.47. The van der Waals surface area contributed by atoms with Gasteiger partial charge in [0.25, 0.3) is 0 Å². The normalized spacial score (nSPS) is 24.5. The first kappa shape index (κ1) is 14.5. The lowest BCUT2D eigenvalue weighted by Crippen LogP contribution is -2.27. The second-order valence-corrected chi connectivity index (χ2v) is 6.13. The molecule has 1 aromatic rings. The van der Waals surface area contributed by atoms with Crippen molar-refractivity contribution in [3.05, 3.63) is 11.7 Å². The Morgan fingerprint density at radius 2 is 2.14 bits per heavy atom. The van der Waals surface area contributed by atoms with Gasteiger partial charge in [0.2, 0.25) is 11.8 Å². The fourth-order valence-electron chi connectivity index (χ4n) is 3.24. The first-order valence-electron chi connectivity index (χ1n) is 8.04. The predicted octanol–water partition coefficient (Wildman–Crippen LogP) is 1.78. The summed E-state index contributed by atoms with van der Waals surface area (Å²) in [6, 6.07) is 0.252. The average Bonchev–Trinajstić information content (AvgIpc) is 3.04. The van der Waals surface area contributed by atoms with E-state index < -0.39 is 0 Å². The number of carbonyl (C=O) groups excluding carboxylic acids is 1. The van der Waals surface area contributed by atoms with Gasteiger partial charge in [0.15, 0.2) is 5.82 Å². The maximum atomic E-state index is 11.6. The monoisotopic (exact) mass is 292 g/mol. The minimum absolute atomic E-state index is 0.252. The number of aromatic nitrogens is 2. The van der Waals surface area contributed by atoms with Crippen LogP contribution in [0.5, 0.6) is 0 Å². The SMILES string of the molecule is CN1CCCCCC1c1nc(CCN2CCCC2=O)no1. The molecule has 1 aromatic heterocycles. The Morgan fingerprint density at radius 1 is 1.24 bits per heavy atom. The number of nitrogens with zero attached hydrogens (tertiary/aromatic N) is 4. The first-order chi connectivity index (χ1) is 10.2. The van der Waals surface area contributed by atoms with Crippen molar-refractivity contribution in [2.45, 2.75) is 51.0 Å². The van der Waals surface area contributed by atoms with Gasteiger partial charge in [0.05, 0.1) is 6.04 Å². The summed E-state index contributed by atoms with van der Waals surface area (Å²) in [5, 5.41) is 4.09. The molecule has 3 heterocycles. The molecule has 0 aromatic carbocycles. The molecule has 3 rings (SSSR count). The van der Waals surface area contributed by atoms with E-state index in [0.717, 1.165) is 37.6 Å². The number of carbonyl (C=O) groups is 1. The molecule has 21 heavy (non-hydrogen) atoms. The third-order valence-electron chi connectivity index (χ3n) is 4.57. The second kappa shape index (κ2) is 6.56. The van der Waals surface area contributed by atoms with Gasteiger partial charge in [0, 0.05) is 25.9 Å². The number of rotatable bonds is 4. The Kier molecular flexibility index (Phi) is 4.53. The zero-order chi connectivity index (χ0) is 14.7. The summed E-state index contributed by atoms with van der Waals surface area (Å²) in [7, 11) is 2.13. The van der Waals surface area contributed by atoms with E-state index in [2.05, 4.69) is 22.1 Å². The van der Waals surface area contributed by atoms with Gasteiger partial charge in [-0.2, -0.15) is 4.98 Å². The van der Waals surface area contributed by atoms with Crippen LogP contribution in [0.25, 0.3) is 0 Å². The average molecular weight is 292 g/mol. The van der Waals surface area contributed by atoms with Gasteiger partial charge in [-0.25, -0.2) is 0 Å². The second-order valence-electron chi connectivity index (χ2n) is 6.13. The van der Waals surface area contributed by atoms with Crippen LogP contribution in [0.4, 0.5) is 0 Å². The maximum Gasteiger partial charge on any atom is 0.243 e. The molecular formula is C15H24N4O2. The van der Waals surface area contributed by atoms with E-state index in [0.29, 0.717) is 19.4 Å². The largest absolute Gasteiger partial charge is 0.342 e. The standard InChI is InChI=1S/C15H24N4O2/c1-18-9-4-2-3-6-12(18)15-16-13(17-21-15)8-11-19-10-5-7-14(19)20/h12H,2-11H2,1H3. The molecule has 0 bridgehead atoms. The van der Waals surface area contributed by atoms with E-state index in [4.69, 9.17) is 4.52 Å². The molecule has 1 unspecified atom stereocenters. The fraction of sp³-hybridized carbons (Fsp3) is 0.800. The zero-order valence-corrected chi connectivity index (χ0v) is 12.8. The van der Waals surface area contributed by atoms with Crippen molar-refractivity contribution >= 4 is 5.91 Å². The van der Waals surface area contributed by atoms with Crippen molar-refractivity contribution in [1.82, 2.24) is 19.9 Å². The highest BCUT2D eigenvalue weighted by atomic mass is 16.5. The van der Waals surface area contributed by atoms with Crippen molar-refractivity contribution < 1.29 is 9.32 Å². The van der Waals surface area contributed by atoms with Crippen LogP contribution in [0, 0.1) is 0 Å². The van der Waals surface area contributed by atoms with Gasteiger partial charge in [-0.15, -0.1) is 0 Å². The molecule has 6 nitrogen and oxygen atoms in total. The number of hydrogen-bond donors (Lipinski definition) is 0. The minimum atomic E-state index is 0.252. The van der Waals surface area contributed by atoms with Crippen LogP contribution in [0.15, 0.2) is 4.52 Å². The lowest BCUT2D eigenvalue weighted by Gasteiger charge is -2.21. The van der Waals surface area contributed by atoms with Crippen molar-refractivity contribution in [1.29, 1.82) is 0 Å². The molecule has 116 valence electrons. The van der Waals surface area contributed by atoms with E-state index in [1.807, 2.05) is 4.90 Å². The summed E-state index contributed by atoms with van der Waals surface area (Å²) in [5.74, 6) is 1.71. The smallest absolute Gasteiger partial charge is 0.243 e. The molecule has 1 atom stereocenters. The fourth-order valence-corrected chi connectivity index (χ4v) is 3.24. The number of likely N-dealkylation sites (tertiary alicyclic amines) is 2. The van der Waals surface area contributed by atoms with Crippen molar-refractivity contribution in [2.75, 3.05) is 26.7 Å². The van der Waals surface area contributed by atoms with Crippen molar-refractivity contribution in [3.63, 3.8) is 0 Å². The Hall–Kier alpha value is -1.43. The van der Waals surface area contributed by atoms with E-state index in [9.17, 15) is 4.79 Å². The first-order valence-corrected chi connectivity index (χ1v) is 8.04. The summed E-state index contributed by atoms with van der Waals surface area (Å²) >= 11 is 0. The number of amides is 1. The van der Waals surface area contributed by atoms with Gasteiger partial charge < -0.3 is 9.42 Å². The molecule has 2 fully saturated rings. The Bertz CT molecular complexity index is 488. The lowest BCUT2D eigenvalue weighted by molar-refractivity contribution is -0.127. The molecule has 1 amide bonds. The Morgan fingerprint density at radius 3 is 2.95 bits per heavy atom. The molecule has 2 saturated heterocycles. The molecule has 0 N–H and O–H groups in total. The van der Waals surface area contributed by atoms with Crippen LogP contribution in [0.1, 0.15) is 56.3 Å². The van der Waals surface area contributed by atoms with Crippen molar-refractivity contribution in [3.8, 4) is 0 Å². The van der Waals surface area contributed by atoms with Gasteiger partial charge in [0.1, 0.15) is 0 Å². The van der Waals surface area contributed by atoms with Crippen molar-refractivity contribution in [2.24, 2.45) is 0 Å². The van der Waals surface area contributed by atoms with E-state index >= 15 is 0 Å². The quantitative estimate of drug-likeness (QED) is 0.846. The Labute approximate surface area is 125 Å². The Balaban J connectivity index is 1.58. The van der Waals surface area contributed by atoms with E-state index in [-0.39, 0.29) is 11.9 Å². The molecule has 0 aliphatic carbocycles. The van der Waals surface area contributed by atoms with Crippen LogP contribution in [-0.2, 0) is 11.2 Å². The third-order valence-corrected chi connectivity index (χ3v) is 4.57. The highest BCUT2D eigenvalue weighted by molar-refractivity contribution is 5.78.